The van der Waals surface area contributed by atoms with Crippen LogP contribution in [0.2, 0.25) is 0 Å². The molecule has 148 valence electrons. The second-order valence-corrected chi connectivity index (χ2v) is 8.34. The number of nitrogens with zero attached hydrogens (tertiary/aromatic N) is 4. The molecule has 1 amide bonds. The number of carbonyl (C=O) groups is 1. The van der Waals surface area contributed by atoms with E-state index >= 15 is 0 Å². The lowest BCUT2D eigenvalue weighted by molar-refractivity contribution is -0.124. The normalized spacial score (nSPS) is 22.9. The summed E-state index contributed by atoms with van der Waals surface area (Å²) in [5.74, 6) is 0.0721. The SMILES string of the molecule is CN1C2=C(SC1c1ccc(N3CCCC3)nc1F)C(=O)N(/C(C=S)=C/N)CC2. The Balaban J connectivity index is 1.58. The van der Waals surface area contributed by atoms with Crippen molar-refractivity contribution in [3.63, 3.8) is 0 Å². The maximum atomic E-state index is 14.9. The first-order valence-corrected chi connectivity index (χ1v) is 10.6. The van der Waals surface area contributed by atoms with Crippen molar-refractivity contribution in [1.82, 2.24) is 14.8 Å². The number of thiocarbonyl (C=S) groups is 1. The predicted molar refractivity (Wildman–Crippen MR) is 113 cm³/mol. The first-order chi connectivity index (χ1) is 13.5. The van der Waals surface area contributed by atoms with Gasteiger partial charge in [0.25, 0.3) is 5.91 Å². The van der Waals surface area contributed by atoms with Gasteiger partial charge in [-0.15, -0.1) is 0 Å². The fraction of sp³-hybridized carbons (Fsp3) is 0.421. The van der Waals surface area contributed by atoms with Crippen molar-refractivity contribution >= 4 is 41.1 Å². The average Bonchev–Trinajstić information content (AvgIpc) is 3.34. The highest BCUT2D eigenvalue weighted by atomic mass is 32.2. The van der Waals surface area contributed by atoms with E-state index in [1.165, 1.54) is 23.3 Å². The largest absolute Gasteiger partial charge is 0.403 e. The highest BCUT2D eigenvalue weighted by molar-refractivity contribution is 8.04. The molecule has 9 heteroatoms. The summed E-state index contributed by atoms with van der Waals surface area (Å²) < 4.78 is 14.9. The van der Waals surface area contributed by atoms with Gasteiger partial charge in [-0.1, -0.05) is 24.0 Å². The van der Waals surface area contributed by atoms with Gasteiger partial charge in [0.1, 0.15) is 11.2 Å². The number of aromatic nitrogens is 1. The summed E-state index contributed by atoms with van der Waals surface area (Å²) in [6.07, 6.45) is 4.24. The third-order valence-electron chi connectivity index (χ3n) is 5.44. The lowest BCUT2D eigenvalue weighted by Crippen LogP contribution is -2.37. The van der Waals surface area contributed by atoms with Crippen molar-refractivity contribution < 1.29 is 9.18 Å². The minimum absolute atomic E-state index is 0.138. The van der Waals surface area contributed by atoms with Crippen LogP contribution in [0.5, 0.6) is 0 Å². The van der Waals surface area contributed by atoms with Crippen LogP contribution in [-0.4, -0.2) is 52.7 Å². The average molecular weight is 420 g/mol. The van der Waals surface area contributed by atoms with Gasteiger partial charge in [0.2, 0.25) is 5.95 Å². The Kier molecular flexibility index (Phi) is 5.29. The molecule has 1 unspecified atom stereocenters. The number of anilines is 1. The van der Waals surface area contributed by atoms with Crippen molar-refractivity contribution in [2.75, 3.05) is 31.6 Å². The molecule has 1 aromatic heterocycles. The van der Waals surface area contributed by atoms with Gasteiger partial charge < -0.3 is 20.4 Å². The molecule has 2 N–H and O–H groups in total. The van der Waals surface area contributed by atoms with Gasteiger partial charge in [0.05, 0.1) is 10.6 Å². The summed E-state index contributed by atoms with van der Waals surface area (Å²) in [5.41, 5.74) is 7.54. The molecule has 4 heterocycles. The quantitative estimate of drug-likeness (QED) is 0.457. The zero-order chi connectivity index (χ0) is 19.8. The van der Waals surface area contributed by atoms with Crippen LogP contribution in [0.25, 0.3) is 0 Å². The summed E-state index contributed by atoms with van der Waals surface area (Å²) in [6, 6.07) is 3.68. The first kappa shape index (κ1) is 19.2. The van der Waals surface area contributed by atoms with Crippen LogP contribution in [0.3, 0.4) is 0 Å². The molecule has 3 aliphatic heterocycles. The number of thioether (sulfide) groups is 1. The van der Waals surface area contributed by atoms with E-state index in [9.17, 15) is 9.18 Å². The molecule has 0 aliphatic carbocycles. The second kappa shape index (κ2) is 7.71. The van der Waals surface area contributed by atoms with E-state index in [0.717, 1.165) is 31.6 Å². The van der Waals surface area contributed by atoms with Gasteiger partial charge in [-0.2, -0.15) is 4.39 Å². The van der Waals surface area contributed by atoms with E-state index in [1.807, 2.05) is 18.0 Å². The molecule has 1 fully saturated rings. The molecule has 0 spiro atoms. The van der Waals surface area contributed by atoms with Crippen LogP contribution in [-0.2, 0) is 4.79 Å². The van der Waals surface area contributed by atoms with Gasteiger partial charge in [-0.25, -0.2) is 4.98 Å². The summed E-state index contributed by atoms with van der Waals surface area (Å²) >= 11 is 6.32. The Morgan fingerprint density at radius 3 is 2.75 bits per heavy atom. The van der Waals surface area contributed by atoms with Crippen LogP contribution in [0.15, 0.2) is 34.6 Å². The van der Waals surface area contributed by atoms with Gasteiger partial charge in [0.15, 0.2) is 0 Å². The van der Waals surface area contributed by atoms with E-state index in [1.54, 1.807) is 11.0 Å². The number of hydrogen-bond donors (Lipinski definition) is 1. The molecule has 0 radical (unpaired) electrons. The fourth-order valence-corrected chi connectivity index (χ4v) is 5.53. The Morgan fingerprint density at radius 1 is 1.36 bits per heavy atom. The van der Waals surface area contributed by atoms with Crippen LogP contribution in [0.1, 0.15) is 30.2 Å². The third kappa shape index (κ3) is 3.16. The van der Waals surface area contributed by atoms with Crippen LogP contribution in [0, 0.1) is 5.95 Å². The Hall–Kier alpha value is -2.13. The Morgan fingerprint density at radius 2 is 2.11 bits per heavy atom. The van der Waals surface area contributed by atoms with E-state index in [-0.39, 0.29) is 11.3 Å². The second-order valence-electron chi connectivity index (χ2n) is 7.02. The molecule has 4 rings (SSSR count). The highest BCUT2D eigenvalue weighted by Crippen LogP contribution is 2.50. The predicted octanol–water partition coefficient (Wildman–Crippen LogP) is 2.74. The van der Waals surface area contributed by atoms with Crippen molar-refractivity contribution in [3.8, 4) is 0 Å². The van der Waals surface area contributed by atoms with Crippen molar-refractivity contribution in [2.24, 2.45) is 5.73 Å². The number of pyridine rings is 1. The van der Waals surface area contributed by atoms with Gasteiger partial charge in [-0.05, 0) is 25.0 Å². The van der Waals surface area contributed by atoms with Gasteiger partial charge in [-0.3, -0.25) is 4.79 Å². The molecule has 0 bridgehead atoms. The van der Waals surface area contributed by atoms with Crippen molar-refractivity contribution in [3.05, 3.63) is 46.1 Å². The molecule has 1 aromatic rings. The number of amides is 1. The summed E-state index contributed by atoms with van der Waals surface area (Å²) in [5, 5.41) is 1.09. The standard InChI is InChI=1S/C19H22FN5OS2/c1-23-14-6-9-25(12(10-21)11-27)18(26)16(14)28-19(23)13-4-5-15(22-17(13)20)24-7-2-3-8-24/h4-5,10-11,19H,2-3,6-9,21H2,1H3/b12-10+. The van der Waals surface area contributed by atoms with Crippen LogP contribution >= 0.6 is 24.0 Å². The summed E-state index contributed by atoms with van der Waals surface area (Å²) in [6.45, 7) is 2.34. The molecule has 1 atom stereocenters. The van der Waals surface area contributed by atoms with E-state index in [4.69, 9.17) is 18.0 Å². The molecule has 6 nitrogen and oxygen atoms in total. The topological polar surface area (TPSA) is 65.7 Å². The van der Waals surface area contributed by atoms with Gasteiger partial charge in [0, 0.05) is 55.9 Å². The fourth-order valence-electron chi connectivity index (χ4n) is 3.92. The van der Waals surface area contributed by atoms with E-state index < -0.39 is 5.95 Å². The molecule has 0 saturated carbocycles. The maximum Gasteiger partial charge on any atom is 0.266 e. The van der Waals surface area contributed by atoms with Gasteiger partial charge >= 0.3 is 0 Å². The molecule has 28 heavy (non-hydrogen) atoms. The van der Waals surface area contributed by atoms with Crippen LogP contribution in [0.4, 0.5) is 10.2 Å². The Labute approximate surface area is 173 Å². The minimum atomic E-state index is -0.473. The van der Waals surface area contributed by atoms with Crippen molar-refractivity contribution in [1.29, 1.82) is 0 Å². The third-order valence-corrected chi connectivity index (χ3v) is 7.12. The number of carbonyl (C=O) groups excluding carboxylic acids is 1. The lowest BCUT2D eigenvalue weighted by atomic mass is 10.1. The number of hydrogen-bond acceptors (Lipinski definition) is 7. The molecular formula is C19H22FN5OS2. The minimum Gasteiger partial charge on any atom is -0.403 e. The Bertz CT molecular complexity index is 881. The monoisotopic (exact) mass is 419 g/mol. The molecule has 1 saturated heterocycles. The smallest absolute Gasteiger partial charge is 0.266 e. The maximum absolute atomic E-state index is 14.9. The summed E-state index contributed by atoms with van der Waals surface area (Å²) in [4.78, 5) is 23.4. The summed E-state index contributed by atoms with van der Waals surface area (Å²) in [7, 11) is 1.90. The van der Waals surface area contributed by atoms with E-state index in [2.05, 4.69) is 9.88 Å². The first-order valence-electron chi connectivity index (χ1n) is 9.28. The number of rotatable bonds is 4. The molecular weight excluding hydrogens is 397 g/mol. The van der Waals surface area contributed by atoms with Crippen molar-refractivity contribution in [2.45, 2.75) is 24.6 Å². The number of nitrogens with two attached hydrogens (primary N) is 1. The zero-order valence-electron chi connectivity index (χ0n) is 15.6. The van der Waals surface area contributed by atoms with Crippen LogP contribution < -0.4 is 10.6 Å². The molecule has 0 aromatic carbocycles. The van der Waals surface area contributed by atoms with E-state index in [0.29, 0.717) is 34.9 Å². The number of halogens is 1. The number of allylic oxidation sites excluding steroid dienone is 1. The molecule has 3 aliphatic rings. The highest BCUT2D eigenvalue weighted by Gasteiger charge is 2.41. The lowest BCUT2D eigenvalue weighted by Gasteiger charge is -2.30. The zero-order valence-corrected chi connectivity index (χ0v) is 17.2.